The van der Waals surface area contributed by atoms with Crippen LogP contribution in [0.5, 0.6) is 0 Å². The zero-order valence-electron chi connectivity index (χ0n) is 19.4. The smallest absolute Gasteiger partial charge is 0.263 e. The van der Waals surface area contributed by atoms with Gasteiger partial charge in [0, 0.05) is 23.0 Å². The lowest BCUT2D eigenvalue weighted by molar-refractivity contribution is -0.137. The zero-order valence-corrected chi connectivity index (χ0v) is 21.8. The normalized spacial score (nSPS) is 26.0. The average Bonchev–Trinajstić information content (AvgIpc) is 3.25. The van der Waals surface area contributed by atoms with Crippen molar-refractivity contribution in [3.05, 3.63) is 64.2 Å². The number of fused-ring (bicyclic) bond motifs is 3. The van der Waals surface area contributed by atoms with E-state index in [1.807, 2.05) is 0 Å². The fraction of sp³-hybridized carbons (Fsp3) is 0.480. The van der Waals surface area contributed by atoms with Crippen molar-refractivity contribution in [3.63, 3.8) is 0 Å². The Morgan fingerprint density at radius 3 is 2.36 bits per heavy atom. The van der Waals surface area contributed by atoms with E-state index in [0.717, 1.165) is 0 Å². The van der Waals surface area contributed by atoms with Crippen molar-refractivity contribution in [2.24, 2.45) is 5.92 Å². The Morgan fingerprint density at radius 2 is 1.72 bits per heavy atom. The molecule has 0 N–H and O–H groups in total. The van der Waals surface area contributed by atoms with Gasteiger partial charge in [-0.3, -0.25) is 4.79 Å². The summed E-state index contributed by atoms with van der Waals surface area (Å²) in [6.07, 6.45) is -1.45. The van der Waals surface area contributed by atoms with Gasteiger partial charge in [-0.15, -0.1) is 0 Å². The van der Waals surface area contributed by atoms with Gasteiger partial charge in [0.25, 0.3) is 6.43 Å². The molecule has 2 fully saturated rings. The lowest BCUT2D eigenvalue weighted by atomic mass is 9.78. The first kappa shape index (κ1) is 25.6. The van der Waals surface area contributed by atoms with Gasteiger partial charge in [-0.25, -0.2) is 25.6 Å². The largest absolute Gasteiger partial charge is 0.337 e. The Morgan fingerprint density at radius 1 is 1.06 bits per heavy atom. The number of hydrogen-bond acceptors (Lipinski definition) is 5. The SMILES string of the molecule is O=C(C1CCS(=O)(=O)CC1)N1CCC2(S(=O)(=O)c3ccc(Cl)cc3)c3ccc(C(F)F)cc3CCC12. The lowest BCUT2D eigenvalue weighted by Crippen LogP contribution is -2.53. The summed E-state index contributed by atoms with van der Waals surface area (Å²) in [5.41, 5.74) is 0.847. The number of benzene rings is 2. The van der Waals surface area contributed by atoms with E-state index < -0.39 is 42.8 Å². The number of aryl methyl sites for hydroxylation is 1. The number of carbonyl (C=O) groups excluding carboxylic acids is 1. The first-order valence-corrected chi connectivity index (χ1v) is 15.6. The summed E-state index contributed by atoms with van der Waals surface area (Å²) >= 11 is 5.99. The summed E-state index contributed by atoms with van der Waals surface area (Å²) in [6, 6.07) is 9.29. The van der Waals surface area contributed by atoms with Gasteiger partial charge in [-0.1, -0.05) is 23.7 Å². The van der Waals surface area contributed by atoms with Gasteiger partial charge in [-0.2, -0.15) is 0 Å². The van der Waals surface area contributed by atoms with Crippen LogP contribution in [-0.2, 0) is 35.6 Å². The van der Waals surface area contributed by atoms with Crippen molar-refractivity contribution in [2.45, 2.75) is 54.2 Å². The summed E-state index contributed by atoms with van der Waals surface area (Å²) in [5, 5.41) is 0.379. The van der Waals surface area contributed by atoms with E-state index in [2.05, 4.69) is 0 Å². The van der Waals surface area contributed by atoms with Gasteiger partial charge in [0.2, 0.25) is 5.91 Å². The third-order valence-corrected chi connectivity index (χ3v) is 12.5. The first-order valence-electron chi connectivity index (χ1n) is 11.9. The highest BCUT2D eigenvalue weighted by Gasteiger charge is 2.61. The predicted molar refractivity (Wildman–Crippen MR) is 132 cm³/mol. The summed E-state index contributed by atoms with van der Waals surface area (Å²) in [4.78, 5) is 15.3. The number of amides is 1. The van der Waals surface area contributed by atoms with E-state index in [-0.39, 0.29) is 53.7 Å². The third kappa shape index (κ3) is 4.05. The van der Waals surface area contributed by atoms with Crippen LogP contribution in [0.4, 0.5) is 8.78 Å². The fourth-order valence-electron chi connectivity index (χ4n) is 6.14. The summed E-state index contributed by atoms with van der Waals surface area (Å²) in [6.45, 7) is 0.190. The van der Waals surface area contributed by atoms with Crippen molar-refractivity contribution in [3.8, 4) is 0 Å². The Kier molecular flexibility index (Phi) is 6.44. The molecule has 36 heavy (non-hydrogen) atoms. The standard InChI is InChI=1S/C25H26ClF2NO5S2/c26-19-3-5-20(6-4-19)36(33,34)25-11-12-29(24(30)16-9-13-35(31,32)14-10-16)22(25)8-2-17-15-18(23(27)28)1-7-21(17)25/h1,3-7,15-16,22-23H,2,8-14H2. The minimum atomic E-state index is -4.08. The molecule has 5 rings (SSSR count). The second kappa shape index (κ2) is 9.06. The van der Waals surface area contributed by atoms with Gasteiger partial charge in [-0.05, 0) is 73.6 Å². The fourth-order valence-corrected chi connectivity index (χ4v) is 10.1. The van der Waals surface area contributed by atoms with Crippen molar-refractivity contribution in [1.29, 1.82) is 0 Å². The molecule has 1 aliphatic carbocycles. The monoisotopic (exact) mass is 557 g/mol. The molecule has 0 radical (unpaired) electrons. The molecule has 1 amide bonds. The number of nitrogens with zero attached hydrogens (tertiary/aromatic N) is 1. The topological polar surface area (TPSA) is 88.6 Å². The highest BCUT2D eigenvalue weighted by atomic mass is 35.5. The molecular weight excluding hydrogens is 532 g/mol. The molecule has 0 saturated carbocycles. The van der Waals surface area contributed by atoms with Crippen LogP contribution in [0, 0.1) is 5.92 Å². The summed E-state index contributed by atoms with van der Waals surface area (Å²) < 4.78 is 77.7. The minimum Gasteiger partial charge on any atom is -0.337 e. The van der Waals surface area contributed by atoms with Gasteiger partial charge in [0.1, 0.15) is 14.6 Å². The van der Waals surface area contributed by atoms with Crippen LogP contribution in [0.1, 0.15) is 48.8 Å². The second-order valence-corrected chi connectivity index (χ2v) is 14.8. The van der Waals surface area contributed by atoms with E-state index in [4.69, 9.17) is 11.6 Å². The molecule has 0 spiro atoms. The lowest BCUT2D eigenvalue weighted by Gasteiger charge is -2.43. The molecular formula is C25H26ClF2NO5S2. The highest BCUT2D eigenvalue weighted by Crippen LogP contribution is 2.53. The number of carbonyl (C=O) groups is 1. The molecule has 2 aromatic carbocycles. The molecule has 3 aliphatic rings. The average molecular weight is 558 g/mol. The molecule has 6 nitrogen and oxygen atoms in total. The Bertz CT molecular complexity index is 1400. The number of likely N-dealkylation sites (tertiary alicyclic amines) is 1. The van der Waals surface area contributed by atoms with Crippen molar-refractivity contribution < 1.29 is 30.4 Å². The van der Waals surface area contributed by atoms with Gasteiger partial charge in [0.05, 0.1) is 22.4 Å². The second-order valence-electron chi connectivity index (χ2n) is 9.83. The Balaban J connectivity index is 1.60. The van der Waals surface area contributed by atoms with E-state index in [1.54, 1.807) is 4.90 Å². The maximum atomic E-state index is 14.3. The number of hydrogen-bond donors (Lipinski definition) is 0. The number of alkyl halides is 2. The molecule has 2 atom stereocenters. The minimum absolute atomic E-state index is 0.0562. The van der Waals surface area contributed by atoms with Gasteiger partial charge >= 0.3 is 0 Å². The molecule has 2 heterocycles. The van der Waals surface area contributed by atoms with Crippen LogP contribution in [0.15, 0.2) is 47.4 Å². The van der Waals surface area contributed by atoms with Crippen LogP contribution >= 0.6 is 11.6 Å². The highest BCUT2D eigenvalue weighted by molar-refractivity contribution is 7.92. The molecule has 2 aromatic rings. The quantitative estimate of drug-likeness (QED) is 0.559. The molecule has 0 bridgehead atoms. The molecule has 2 unspecified atom stereocenters. The molecule has 2 aliphatic heterocycles. The van der Waals surface area contributed by atoms with Gasteiger partial charge < -0.3 is 4.90 Å². The Hall–Kier alpha value is -2.04. The van der Waals surface area contributed by atoms with Crippen molar-refractivity contribution in [1.82, 2.24) is 4.90 Å². The predicted octanol–water partition coefficient (Wildman–Crippen LogP) is 4.32. The van der Waals surface area contributed by atoms with E-state index in [9.17, 15) is 30.4 Å². The van der Waals surface area contributed by atoms with E-state index in [1.165, 1.54) is 42.5 Å². The van der Waals surface area contributed by atoms with Crippen LogP contribution in [-0.4, -0.2) is 51.7 Å². The van der Waals surface area contributed by atoms with Crippen LogP contribution in [0.2, 0.25) is 5.02 Å². The number of rotatable bonds is 4. The van der Waals surface area contributed by atoms with Gasteiger partial charge in [0.15, 0.2) is 9.84 Å². The molecule has 0 aromatic heterocycles. The van der Waals surface area contributed by atoms with Crippen LogP contribution in [0.3, 0.4) is 0 Å². The zero-order chi connectivity index (χ0) is 25.9. The van der Waals surface area contributed by atoms with E-state index >= 15 is 0 Å². The number of halogens is 3. The maximum Gasteiger partial charge on any atom is 0.263 e. The first-order chi connectivity index (χ1) is 17.0. The maximum absolute atomic E-state index is 14.3. The summed E-state index contributed by atoms with van der Waals surface area (Å²) in [5.74, 6) is -0.828. The van der Waals surface area contributed by atoms with Crippen LogP contribution < -0.4 is 0 Å². The molecule has 194 valence electrons. The molecule has 2 saturated heterocycles. The van der Waals surface area contributed by atoms with Crippen molar-refractivity contribution >= 4 is 37.2 Å². The number of sulfone groups is 2. The summed E-state index contributed by atoms with van der Waals surface area (Å²) in [7, 11) is -7.24. The van der Waals surface area contributed by atoms with Crippen LogP contribution in [0.25, 0.3) is 0 Å². The molecule has 11 heteroatoms. The third-order valence-electron chi connectivity index (χ3n) is 7.95. The Labute approximate surface area is 214 Å². The van der Waals surface area contributed by atoms with Crippen molar-refractivity contribution in [2.75, 3.05) is 18.1 Å². The van der Waals surface area contributed by atoms with E-state index in [0.29, 0.717) is 29.0 Å².